The van der Waals surface area contributed by atoms with Gasteiger partial charge in [0.15, 0.2) is 6.29 Å². The maximum atomic E-state index is 10.6. The van der Waals surface area contributed by atoms with E-state index in [0.717, 1.165) is 0 Å². The second kappa shape index (κ2) is 5.09. The zero-order valence-electron chi connectivity index (χ0n) is 7.38. The van der Waals surface area contributed by atoms with Crippen LogP contribution in [0.2, 0.25) is 0 Å². The molecule has 0 saturated carbocycles. The second-order valence-corrected chi connectivity index (χ2v) is 2.33. The summed E-state index contributed by atoms with van der Waals surface area (Å²) in [7, 11) is 3.07. The molecule has 0 rings (SSSR count). The van der Waals surface area contributed by atoms with Gasteiger partial charge >= 0.3 is 0 Å². The molecule has 0 heterocycles. The molecule has 0 unspecified atom stereocenters. The highest BCUT2D eigenvalue weighted by atomic mass is 16.7. The fourth-order valence-electron chi connectivity index (χ4n) is 0.893. The summed E-state index contributed by atoms with van der Waals surface area (Å²) < 4.78 is 9.85. The Hall–Kier alpha value is -0.610. The first-order valence-electron chi connectivity index (χ1n) is 3.44. The fourth-order valence-corrected chi connectivity index (χ4v) is 0.893. The Balaban J connectivity index is 3.78. The second-order valence-electron chi connectivity index (χ2n) is 2.33. The minimum absolute atomic E-state index is 0.0865. The van der Waals surface area contributed by atoms with Crippen LogP contribution in [0.1, 0.15) is 13.8 Å². The minimum Gasteiger partial charge on any atom is -0.354 e. The highest BCUT2D eigenvalue weighted by Gasteiger charge is 2.15. The van der Waals surface area contributed by atoms with Crippen LogP contribution in [0.25, 0.3) is 0 Å². The van der Waals surface area contributed by atoms with E-state index in [1.165, 1.54) is 21.1 Å². The van der Waals surface area contributed by atoms with Crippen LogP contribution in [0.3, 0.4) is 0 Å². The summed E-state index contributed by atoms with van der Waals surface area (Å²) in [5.41, 5.74) is 0. The summed E-state index contributed by atoms with van der Waals surface area (Å²) in [4.78, 5) is 10.6. The van der Waals surface area contributed by atoms with Crippen molar-refractivity contribution in [3.63, 3.8) is 0 Å². The Morgan fingerprint density at radius 1 is 1.36 bits per heavy atom. The lowest BCUT2D eigenvalue weighted by Crippen LogP contribution is -2.41. The van der Waals surface area contributed by atoms with E-state index in [-0.39, 0.29) is 18.2 Å². The van der Waals surface area contributed by atoms with Gasteiger partial charge in [0.2, 0.25) is 5.91 Å². The predicted molar refractivity (Wildman–Crippen MR) is 41.1 cm³/mol. The van der Waals surface area contributed by atoms with Gasteiger partial charge in [-0.2, -0.15) is 0 Å². The van der Waals surface area contributed by atoms with Crippen molar-refractivity contribution in [3.8, 4) is 0 Å². The van der Waals surface area contributed by atoms with E-state index in [0.29, 0.717) is 0 Å². The number of amides is 1. The van der Waals surface area contributed by atoms with Crippen LogP contribution in [-0.2, 0) is 14.3 Å². The molecule has 0 spiro atoms. The number of nitrogens with one attached hydrogen (secondary N) is 1. The largest absolute Gasteiger partial charge is 0.354 e. The van der Waals surface area contributed by atoms with Gasteiger partial charge in [-0.05, 0) is 6.92 Å². The van der Waals surface area contributed by atoms with Crippen molar-refractivity contribution in [2.45, 2.75) is 26.2 Å². The third kappa shape index (κ3) is 3.95. The van der Waals surface area contributed by atoms with E-state index in [4.69, 9.17) is 9.47 Å². The minimum atomic E-state index is -0.376. The topological polar surface area (TPSA) is 47.6 Å². The van der Waals surface area contributed by atoms with Crippen LogP contribution in [-0.4, -0.2) is 32.5 Å². The number of methoxy groups -OCH3 is 2. The van der Waals surface area contributed by atoms with Crippen molar-refractivity contribution in [2.24, 2.45) is 0 Å². The van der Waals surface area contributed by atoms with Gasteiger partial charge in [0.25, 0.3) is 0 Å². The van der Waals surface area contributed by atoms with Gasteiger partial charge in [0.1, 0.15) is 0 Å². The van der Waals surface area contributed by atoms with Crippen LogP contribution in [0.5, 0.6) is 0 Å². The number of carbonyl (C=O) groups excluding carboxylic acids is 1. The Kier molecular flexibility index (Phi) is 4.81. The molecule has 0 radical (unpaired) electrons. The van der Waals surface area contributed by atoms with Crippen molar-refractivity contribution >= 4 is 5.91 Å². The zero-order chi connectivity index (χ0) is 8.85. The number of hydrogen-bond donors (Lipinski definition) is 1. The highest BCUT2D eigenvalue weighted by molar-refractivity contribution is 5.73. The summed E-state index contributed by atoms with van der Waals surface area (Å²) in [5.74, 6) is -0.0865. The monoisotopic (exact) mass is 161 g/mol. The molecule has 0 bridgehead atoms. The molecule has 66 valence electrons. The molecular weight excluding hydrogens is 146 g/mol. The Morgan fingerprint density at radius 3 is 2.09 bits per heavy atom. The molecule has 0 aliphatic heterocycles. The Morgan fingerprint density at radius 2 is 1.82 bits per heavy atom. The molecule has 4 heteroatoms. The third-order valence-electron chi connectivity index (χ3n) is 1.30. The van der Waals surface area contributed by atoms with E-state index in [1.807, 2.05) is 6.92 Å². The maximum absolute atomic E-state index is 10.6. The number of ether oxygens (including phenoxy) is 2. The van der Waals surface area contributed by atoms with Gasteiger partial charge in [-0.1, -0.05) is 0 Å². The van der Waals surface area contributed by atoms with Crippen LogP contribution < -0.4 is 5.32 Å². The highest BCUT2D eigenvalue weighted by Crippen LogP contribution is 1.97. The van der Waals surface area contributed by atoms with E-state index < -0.39 is 0 Å². The van der Waals surface area contributed by atoms with Gasteiger partial charge in [-0.3, -0.25) is 4.79 Å². The molecule has 0 aromatic heterocycles. The lowest BCUT2D eigenvalue weighted by atomic mass is 10.3. The SMILES string of the molecule is COC(OC)[C@@H](C)NC(C)=O. The molecule has 11 heavy (non-hydrogen) atoms. The summed E-state index contributed by atoms with van der Waals surface area (Å²) in [6.07, 6.45) is -0.376. The van der Waals surface area contributed by atoms with E-state index in [1.54, 1.807) is 0 Å². The van der Waals surface area contributed by atoms with Gasteiger partial charge < -0.3 is 14.8 Å². The molecule has 4 nitrogen and oxygen atoms in total. The average molecular weight is 161 g/mol. The van der Waals surface area contributed by atoms with Crippen LogP contribution in [0, 0.1) is 0 Å². The summed E-state index contributed by atoms with van der Waals surface area (Å²) in [6.45, 7) is 3.28. The van der Waals surface area contributed by atoms with Gasteiger partial charge in [-0.15, -0.1) is 0 Å². The molecule has 0 aliphatic carbocycles. The van der Waals surface area contributed by atoms with Gasteiger partial charge in [0.05, 0.1) is 6.04 Å². The summed E-state index contributed by atoms with van der Waals surface area (Å²) in [6, 6.07) is -0.123. The van der Waals surface area contributed by atoms with Crippen molar-refractivity contribution in [2.75, 3.05) is 14.2 Å². The Bertz CT molecular complexity index is 123. The Labute approximate surface area is 66.9 Å². The maximum Gasteiger partial charge on any atom is 0.217 e. The number of hydrogen-bond acceptors (Lipinski definition) is 3. The van der Waals surface area contributed by atoms with Gasteiger partial charge in [-0.25, -0.2) is 0 Å². The van der Waals surface area contributed by atoms with Crippen molar-refractivity contribution < 1.29 is 14.3 Å². The predicted octanol–water partition coefficient (Wildman–Crippen LogP) is 0.130. The molecule has 0 aliphatic rings. The van der Waals surface area contributed by atoms with Crippen molar-refractivity contribution in [1.29, 1.82) is 0 Å². The fraction of sp³-hybridized carbons (Fsp3) is 0.857. The van der Waals surface area contributed by atoms with Crippen molar-refractivity contribution in [1.82, 2.24) is 5.32 Å². The normalized spacial score (nSPS) is 13.2. The van der Waals surface area contributed by atoms with Gasteiger partial charge in [0, 0.05) is 21.1 Å². The van der Waals surface area contributed by atoms with E-state index in [2.05, 4.69) is 5.32 Å². The number of carbonyl (C=O) groups is 1. The quantitative estimate of drug-likeness (QED) is 0.596. The molecule has 0 fully saturated rings. The van der Waals surface area contributed by atoms with Crippen LogP contribution >= 0.6 is 0 Å². The molecular formula is C7H15NO3. The first-order chi connectivity index (χ1) is 5.11. The van der Waals surface area contributed by atoms with Crippen LogP contribution in [0.15, 0.2) is 0 Å². The third-order valence-corrected chi connectivity index (χ3v) is 1.30. The average Bonchev–Trinajstić information content (AvgIpc) is 1.88. The lowest BCUT2D eigenvalue weighted by Gasteiger charge is -2.21. The van der Waals surface area contributed by atoms with Crippen molar-refractivity contribution in [3.05, 3.63) is 0 Å². The summed E-state index contributed by atoms with van der Waals surface area (Å²) >= 11 is 0. The molecule has 0 saturated heterocycles. The first-order valence-corrected chi connectivity index (χ1v) is 3.44. The molecule has 1 amide bonds. The molecule has 0 aromatic carbocycles. The molecule has 0 aromatic rings. The zero-order valence-corrected chi connectivity index (χ0v) is 7.38. The lowest BCUT2D eigenvalue weighted by molar-refractivity contribution is -0.134. The standard InChI is InChI=1S/C7H15NO3/c1-5(8-6(2)9)7(10-3)11-4/h5,7H,1-4H3,(H,8,9)/t5-/m1/s1. The summed E-state index contributed by atoms with van der Waals surface area (Å²) in [5, 5.41) is 2.66. The first kappa shape index (κ1) is 10.4. The molecule has 1 atom stereocenters. The van der Waals surface area contributed by atoms with E-state index >= 15 is 0 Å². The smallest absolute Gasteiger partial charge is 0.217 e. The number of rotatable bonds is 4. The van der Waals surface area contributed by atoms with Crippen LogP contribution in [0.4, 0.5) is 0 Å². The van der Waals surface area contributed by atoms with E-state index in [9.17, 15) is 4.79 Å². The molecule has 1 N–H and O–H groups in total.